The maximum atomic E-state index is 12.2. The van der Waals surface area contributed by atoms with E-state index >= 15 is 0 Å². The molecule has 2 aromatic rings. The highest BCUT2D eigenvalue weighted by Gasteiger charge is 2.26. The Balaban J connectivity index is 2.34. The standard InChI is InChI=1S/C14H8ClNO3S/c15-11-5-9-13(20-11)8(6-12(17)18)7-3-1-2-4-10(7)16-14(9)19/h1-6H,(H,16,19)(H,17,18)/b8-6+. The van der Waals surface area contributed by atoms with Crippen molar-refractivity contribution in [1.82, 2.24) is 0 Å². The molecule has 0 saturated heterocycles. The molecule has 1 aromatic heterocycles. The molecule has 100 valence electrons. The van der Waals surface area contributed by atoms with E-state index in [0.29, 0.717) is 31.6 Å². The van der Waals surface area contributed by atoms with Crippen molar-refractivity contribution in [1.29, 1.82) is 0 Å². The number of benzene rings is 1. The Bertz CT molecular complexity index is 764. The predicted molar refractivity (Wildman–Crippen MR) is 78.4 cm³/mol. The van der Waals surface area contributed by atoms with Crippen molar-refractivity contribution in [3.05, 3.63) is 56.7 Å². The van der Waals surface area contributed by atoms with Gasteiger partial charge < -0.3 is 10.4 Å². The lowest BCUT2D eigenvalue weighted by atomic mass is 10.0. The average molecular weight is 306 g/mol. The number of carbonyl (C=O) groups excluding carboxylic acids is 1. The molecule has 2 heterocycles. The largest absolute Gasteiger partial charge is 0.478 e. The van der Waals surface area contributed by atoms with Gasteiger partial charge in [0.1, 0.15) is 0 Å². The van der Waals surface area contributed by atoms with E-state index in [-0.39, 0.29) is 5.91 Å². The highest BCUT2D eigenvalue weighted by atomic mass is 35.5. The van der Waals surface area contributed by atoms with Gasteiger partial charge in [0.25, 0.3) is 5.91 Å². The fourth-order valence-corrected chi connectivity index (χ4v) is 3.39. The van der Waals surface area contributed by atoms with E-state index in [1.807, 2.05) is 0 Å². The summed E-state index contributed by atoms with van der Waals surface area (Å²) in [6.07, 6.45) is 1.10. The fraction of sp³-hybridized carbons (Fsp3) is 0. The fourth-order valence-electron chi connectivity index (χ4n) is 2.14. The number of thiophene rings is 1. The monoisotopic (exact) mass is 305 g/mol. The van der Waals surface area contributed by atoms with Gasteiger partial charge in [-0.05, 0) is 12.1 Å². The molecule has 0 aliphatic carbocycles. The van der Waals surface area contributed by atoms with Gasteiger partial charge in [-0.25, -0.2) is 4.79 Å². The first-order valence-corrected chi connectivity index (χ1v) is 6.91. The Labute approximate surface area is 123 Å². The van der Waals surface area contributed by atoms with Crippen LogP contribution < -0.4 is 5.32 Å². The Kier molecular flexibility index (Phi) is 3.08. The van der Waals surface area contributed by atoms with Gasteiger partial charge in [-0.1, -0.05) is 29.8 Å². The Morgan fingerprint density at radius 1 is 1.30 bits per heavy atom. The third-order valence-electron chi connectivity index (χ3n) is 2.92. The summed E-state index contributed by atoms with van der Waals surface area (Å²) in [7, 11) is 0. The number of fused-ring (bicyclic) bond motifs is 2. The lowest BCUT2D eigenvalue weighted by Gasteiger charge is -2.07. The summed E-state index contributed by atoms with van der Waals surface area (Å²) in [5.74, 6) is -1.36. The predicted octanol–water partition coefficient (Wildman–Crippen LogP) is 3.48. The van der Waals surface area contributed by atoms with Crippen LogP contribution in [-0.2, 0) is 4.79 Å². The maximum absolute atomic E-state index is 12.2. The molecule has 0 bridgehead atoms. The zero-order valence-electron chi connectivity index (χ0n) is 10.0. The third kappa shape index (κ3) is 2.11. The van der Waals surface area contributed by atoms with E-state index in [4.69, 9.17) is 16.7 Å². The van der Waals surface area contributed by atoms with E-state index in [1.54, 1.807) is 30.3 Å². The lowest BCUT2D eigenvalue weighted by molar-refractivity contribution is -0.131. The Morgan fingerprint density at radius 3 is 2.80 bits per heavy atom. The van der Waals surface area contributed by atoms with Crippen LogP contribution in [0.25, 0.3) is 5.57 Å². The van der Waals surface area contributed by atoms with E-state index < -0.39 is 5.97 Å². The number of carboxylic acids is 1. The number of halogens is 1. The SMILES string of the molecule is O=C(O)/C=C1\c2ccccc2NC(=O)c2cc(Cl)sc21. The van der Waals surface area contributed by atoms with Crippen LogP contribution in [0.2, 0.25) is 4.34 Å². The minimum absolute atomic E-state index is 0.288. The van der Waals surface area contributed by atoms with Gasteiger partial charge in [-0.15, -0.1) is 11.3 Å². The zero-order valence-corrected chi connectivity index (χ0v) is 11.6. The number of para-hydroxylation sites is 1. The zero-order chi connectivity index (χ0) is 14.3. The second-order valence-electron chi connectivity index (χ2n) is 4.19. The average Bonchev–Trinajstić information content (AvgIpc) is 2.74. The van der Waals surface area contributed by atoms with Crippen molar-refractivity contribution in [3.63, 3.8) is 0 Å². The molecule has 2 N–H and O–H groups in total. The van der Waals surface area contributed by atoms with Crippen LogP contribution in [0.5, 0.6) is 0 Å². The molecule has 1 aromatic carbocycles. The van der Waals surface area contributed by atoms with Crippen molar-refractivity contribution < 1.29 is 14.7 Å². The second kappa shape index (κ2) is 4.77. The van der Waals surface area contributed by atoms with Crippen molar-refractivity contribution in [3.8, 4) is 0 Å². The van der Waals surface area contributed by atoms with E-state index in [1.165, 1.54) is 11.3 Å². The molecule has 6 heteroatoms. The summed E-state index contributed by atoms with van der Waals surface area (Å²) in [5.41, 5.74) is 2.13. The Hall–Kier alpha value is -2.11. The summed E-state index contributed by atoms with van der Waals surface area (Å²) in [6.45, 7) is 0. The number of hydrogen-bond acceptors (Lipinski definition) is 3. The Morgan fingerprint density at radius 2 is 2.05 bits per heavy atom. The van der Waals surface area contributed by atoms with E-state index in [9.17, 15) is 9.59 Å². The number of nitrogens with one attached hydrogen (secondary N) is 1. The smallest absolute Gasteiger partial charge is 0.328 e. The van der Waals surface area contributed by atoms with Gasteiger partial charge in [-0.3, -0.25) is 4.79 Å². The molecule has 0 fully saturated rings. The van der Waals surface area contributed by atoms with Crippen LogP contribution in [-0.4, -0.2) is 17.0 Å². The number of amides is 1. The molecule has 3 rings (SSSR count). The number of carboxylic acid groups (broad SMARTS) is 1. The molecule has 0 spiro atoms. The number of hydrogen-bond donors (Lipinski definition) is 2. The van der Waals surface area contributed by atoms with Gasteiger partial charge in [0.2, 0.25) is 0 Å². The maximum Gasteiger partial charge on any atom is 0.328 e. The normalized spacial score (nSPS) is 15.2. The number of anilines is 1. The van der Waals surface area contributed by atoms with Crippen LogP contribution in [0.4, 0.5) is 5.69 Å². The molecule has 20 heavy (non-hydrogen) atoms. The molecule has 1 amide bonds. The summed E-state index contributed by atoms with van der Waals surface area (Å²) < 4.78 is 0.445. The molecule has 0 atom stereocenters. The number of aliphatic carboxylic acids is 1. The highest BCUT2D eigenvalue weighted by Crippen LogP contribution is 2.40. The van der Waals surface area contributed by atoms with E-state index in [2.05, 4.69) is 5.32 Å². The summed E-state index contributed by atoms with van der Waals surface area (Å²) in [4.78, 5) is 23.8. The summed E-state index contributed by atoms with van der Waals surface area (Å²) in [6, 6.07) is 8.64. The van der Waals surface area contributed by atoms with E-state index in [0.717, 1.165) is 6.08 Å². The van der Waals surface area contributed by atoms with Gasteiger partial charge in [0, 0.05) is 27.8 Å². The highest BCUT2D eigenvalue weighted by molar-refractivity contribution is 7.17. The molecule has 0 radical (unpaired) electrons. The molecular formula is C14H8ClNO3S. The first kappa shape index (κ1) is 12.9. The van der Waals surface area contributed by atoms with Crippen molar-refractivity contribution in [2.24, 2.45) is 0 Å². The quantitative estimate of drug-likeness (QED) is 0.793. The molecule has 1 aliphatic rings. The first-order valence-electron chi connectivity index (χ1n) is 5.71. The third-order valence-corrected chi connectivity index (χ3v) is 4.22. The van der Waals surface area contributed by atoms with Crippen molar-refractivity contribution >= 4 is 46.1 Å². The van der Waals surface area contributed by atoms with Gasteiger partial charge in [0.15, 0.2) is 0 Å². The van der Waals surface area contributed by atoms with Gasteiger partial charge >= 0.3 is 5.97 Å². The van der Waals surface area contributed by atoms with Crippen LogP contribution >= 0.6 is 22.9 Å². The van der Waals surface area contributed by atoms with Crippen molar-refractivity contribution in [2.75, 3.05) is 5.32 Å². The van der Waals surface area contributed by atoms with Gasteiger partial charge in [0.05, 0.1) is 9.90 Å². The first-order chi connectivity index (χ1) is 9.56. The number of rotatable bonds is 1. The summed E-state index contributed by atoms with van der Waals surface area (Å²) >= 11 is 7.16. The minimum atomic E-state index is -1.07. The molecule has 4 nitrogen and oxygen atoms in total. The summed E-state index contributed by atoms with van der Waals surface area (Å²) in [5, 5.41) is 11.8. The molecule has 0 unspecified atom stereocenters. The second-order valence-corrected chi connectivity index (χ2v) is 5.87. The topological polar surface area (TPSA) is 66.4 Å². The van der Waals surface area contributed by atoms with Crippen LogP contribution in [0, 0.1) is 0 Å². The molecule has 1 aliphatic heterocycles. The molecular weight excluding hydrogens is 298 g/mol. The van der Waals surface area contributed by atoms with Crippen LogP contribution in [0.1, 0.15) is 20.8 Å². The minimum Gasteiger partial charge on any atom is -0.478 e. The number of carbonyl (C=O) groups is 2. The van der Waals surface area contributed by atoms with Crippen LogP contribution in [0.15, 0.2) is 36.4 Å². The molecule has 0 saturated carbocycles. The van der Waals surface area contributed by atoms with Gasteiger partial charge in [-0.2, -0.15) is 0 Å². The van der Waals surface area contributed by atoms with Crippen LogP contribution in [0.3, 0.4) is 0 Å². The lowest BCUT2D eigenvalue weighted by Crippen LogP contribution is -2.10. The van der Waals surface area contributed by atoms with Crippen molar-refractivity contribution in [2.45, 2.75) is 0 Å².